The predicted molar refractivity (Wildman–Crippen MR) is 143 cm³/mol. The number of non-ortho nitro benzene ring substituents is 1. The molecule has 1 aliphatic heterocycles. The molecule has 0 aliphatic carbocycles. The van der Waals surface area contributed by atoms with Crippen LogP contribution in [-0.4, -0.2) is 21.9 Å². The molecule has 4 aromatic carbocycles. The van der Waals surface area contributed by atoms with Crippen LogP contribution in [0.25, 0.3) is 0 Å². The minimum absolute atomic E-state index is 0.0329. The number of anilines is 2. The Morgan fingerprint density at radius 3 is 1.97 bits per heavy atom. The zero-order valence-electron chi connectivity index (χ0n) is 19.4. The van der Waals surface area contributed by atoms with Crippen LogP contribution in [0.3, 0.4) is 0 Å². The van der Waals surface area contributed by atoms with Gasteiger partial charge >= 0.3 is 0 Å². The van der Waals surface area contributed by atoms with Gasteiger partial charge in [-0.25, -0.2) is 4.99 Å². The number of rotatable bonds is 7. The lowest BCUT2D eigenvalue weighted by molar-refractivity contribution is -0.384. The van der Waals surface area contributed by atoms with Gasteiger partial charge in [-0.15, -0.1) is 0 Å². The minimum Gasteiger partial charge on any atom is -0.294 e. The van der Waals surface area contributed by atoms with E-state index in [0.717, 1.165) is 28.2 Å². The monoisotopic (exact) mass is 473 g/mol. The Labute approximate surface area is 209 Å². The predicted octanol–water partition coefficient (Wildman–Crippen LogP) is 6.52. The minimum atomic E-state index is -0.402. The number of nitro groups is 1. The maximum atomic E-state index is 11.2. The van der Waals surface area contributed by atoms with Crippen molar-refractivity contribution >= 4 is 29.0 Å². The maximum absolute atomic E-state index is 11.2. The summed E-state index contributed by atoms with van der Waals surface area (Å²) in [6.07, 6.45) is 3.65. The van der Waals surface area contributed by atoms with Gasteiger partial charge in [0.2, 0.25) is 0 Å². The molecule has 0 atom stereocenters. The first-order valence-electron chi connectivity index (χ1n) is 11.5. The van der Waals surface area contributed by atoms with Crippen LogP contribution >= 0.6 is 0 Å². The van der Waals surface area contributed by atoms with E-state index in [0.29, 0.717) is 12.4 Å². The third-order valence-corrected chi connectivity index (χ3v) is 5.64. The van der Waals surface area contributed by atoms with Gasteiger partial charge in [0.15, 0.2) is 5.82 Å². The van der Waals surface area contributed by atoms with Crippen LogP contribution in [0.2, 0.25) is 0 Å². The highest BCUT2D eigenvalue weighted by molar-refractivity contribution is 6.38. The average Bonchev–Trinajstić information content (AvgIpc) is 3.13. The normalized spacial score (nSPS) is 12.9. The van der Waals surface area contributed by atoms with E-state index in [9.17, 15) is 10.1 Å². The quantitative estimate of drug-likeness (QED) is 0.226. The lowest BCUT2D eigenvalue weighted by atomic mass is 10.1. The number of benzene rings is 4. The van der Waals surface area contributed by atoms with Crippen LogP contribution in [0, 0.1) is 10.1 Å². The van der Waals surface area contributed by atoms with Crippen molar-refractivity contribution in [3.63, 3.8) is 0 Å². The van der Waals surface area contributed by atoms with E-state index in [2.05, 4.69) is 12.1 Å². The molecule has 0 unspecified atom stereocenters. The van der Waals surface area contributed by atoms with Gasteiger partial charge in [-0.05, 0) is 29.8 Å². The highest BCUT2D eigenvalue weighted by atomic mass is 16.6. The summed E-state index contributed by atoms with van der Waals surface area (Å²) >= 11 is 0. The van der Waals surface area contributed by atoms with Gasteiger partial charge in [-0.3, -0.25) is 20.0 Å². The molecule has 1 heterocycles. The summed E-state index contributed by atoms with van der Waals surface area (Å²) in [5, 5.41) is 18.0. The Kier molecular flexibility index (Phi) is 6.62. The fraction of sp³-hybridized carbons (Fsp3) is 0.0345. The van der Waals surface area contributed by atoms with E-state index in [1.54, 1.807) is 18.3 Å². The van der Waals surface area contributed by atoms with Gasteiger partial charge in [0, 0.05) is 29.1 Å². The number of hydrazone groups is 1. The molecule has 0 saturated carbocycles. The molecule has 176 valence electrons. The molecule has 0 amide bonds. The topological polar surface area (TPSA) is 74.3 Å². The highest BCUT2D eigenvalue weighted by Crippen LogP contribution is 2.32. The largest absolute Gasteiger partial charge is 0.294 e. The fourth-order valence-electron chi connectivity index (χ4n) is 3.91. The third kappa shape index (κ3) is 5.20. The number of hydrogen-bond donors (Lipinski definition) is 0. The standard InChI is InChI=1S/C29H23N5O2/c35-34(36)27-18-16-26(17-19-27)33(25-14-8-3-9-15-25)29-22-32(21-23-10-4-1-5-11-23)31-28(20-30-29)24-12-6-2-7-13-24/h1-20,22H,21H2. The second-order valence-electron chi connectivity index (χ2n) is 8.12. The van der Waals surface area contributed by atoms with E-state index in [1.165, 1.54) is 12.1 Å². The smallest absolute Gasteiger partial charge is 0.269 e. The lowest BCUT2D eigenvalue weighted by Gasteiger charge is -2.26. The van der Waals surface area contributed by atoms with Crippen molar-refractivity contribution in [1.82, 2.24) is 5.01 Å². The van der Waals surface area contributed by atoms with Crippen molar-refractivity contribution in [2.24, 2.45) is 10.1 Å². The van der Waals surface area contributed by atoms with Crippen molar-refractivity contribution in [3.05, 3.63) is 149 Å². The molecule has 5 rings (SSSR count). The van der Waals surface area contributed by atoms with Crippen LogP contribution in [0.5, 0.6) is 0 Å². The molecule has 36 heavy (non-hydrogen) atoms. The van der Waals surface area contributed by atoms with Gasteiger partial charge in [0.1, 0.15) is 5.71 Å². The molecule has 0 bridgehead atoms. The Bertz CT molecular complexity index is 1420. The zero-order valence-corrected chi connectivity index (χ0v) is 19.4. The molecule has 7 nitrogen and oxygen atoms in total. The van der Waals surface area contributed by atoms with Gasteiger partial charge in [-0.2, -0.15) is 5.10 Å². The molecule has 0 N–H and O–H groups in total. The molecular weight excluding hydrogens is 450 g/mol. The van der Waals surface area contributed by atoms with Crippen molar-refractivity contribution in [2.75, 3.05) is 4.90 Å². The molecule has 0 saturated heterocycles. The van der Waals surface area contributed by atoms with E-state index >= 15 is 0 Å². The van der Waals surface area contributed by atoms with Crippen molar-refractivity contribution < 1.29 is 4.92 Å². The molecule has 4 aromatic rings. The first-order chi connectivity index (χ1) is 17.7. The summed E-state index contributed by atoms with van der Waals surface area (Å²) in [5.41, 5.74) is 4.44. The van der Waals surface area contributed by atoms with E-state index in [4.69, 9.17) is 10.1 Å². The Balaban J connectivity index is 1.60. The number of nitro benzene ring substituents is 1. The van der Waals surface area contributed by atoms with Gasteiger partial charge in [-0.1, -0.05) is 78.9 Å². The molecule has 7 heteroatoms. The number of nitrogens with zero attached hydrogens (tertiary/aromatic N) is 5. The van der Waals surface area contributed by atoms with Gasteiger partial charge < -0.3 is 0 Å². The number of hydrogen-bond acceptors (Lipinski definition) is 6. The van der Waals surface area contributed by atoms with Gasteiger partial charge in [0.25, 0.3) is 5.69 Å². The van der Waals surface area contributed by atoms with E-state index in [-0.39, 0.29) is 5.69 Å². The van der Waals surface area contributed by atoms with Crippen molar-refractivity contribution in [3.8, 4) is 0 Å². The summed E-state index contributed by atoms with van der Waals surface area (Å²) in [6, 6.07) is 36.3. The van der Waals surface area contributed by atoms with Crippen LogP contribution in [0.15, 0.2) is 137 Å². The van der Waals surface area contributed by atoms with E-state index < -0.39 is 4.92 Å². The van der Waals surface area contributed by atoms with Crippen LogP contribution in [0.1, 0.15) is 11.1 Å². The van der Waals surface area contributed by atoms with Crippen LogP contribution < -0.4 is 4.90 Å². The fourth-order valence-corrected chi connectivity index (χ4v) is 3.91. The third-order valence-electron chi connectivity index (χ3n) is 5.64. The van der Waals surface area contributed by atoms with Crippen LogP contribution in [0.4, 0.5) is 17.1 Å². The average molecular weight is 474 g/mol. The summed E-state index contributed by atoms with van der Waals surface area (Å²) in [7, 11) is 0. The molecule has 0 spiro atoms. The Morgan fingerprint density at radius 1 is 0.750 bits per heavy atom. The first-order valence-corrected chi connectivity index (χ1v) is 11.5. The molecule has 0 fully saturated rings. The molecular formula is C29H23N5O2. The van der Waals surface area contributed by atoms with E-state index in [1.807, 2.05) is 95.0 Å². The number of para-hydroxylation sites is 1. The summed E-state index contributed by atoms with van der Waals surface area (Å²) in [5.74, 6) is 0.626. The summed E-state index contributed by atoms with van der Waals surface area (Å²) < 4.78 is 0. The first kappa shape index (κ1) is 22.7. The maximum Gasteiger partial charge on any atom is 0.269 e. The van der Waals surface area contributed by atoms with Crippen molar-refractivity contribution in [1.29, 1.82) is 0 Å². The number of aliphatic imine (C=N–C) groups is 1. The molecule has 0 radical (unpaired) electrons. The van der Waals surface area contributed by atoms with Gasteiger partial charge in [0.05, 0.1) is 23.9 Å². The highest BCUT2D eigenvalue weighted by Gasteiger charge is 2.19. The Morgan fingerprint density at radius 2 is 1.33 bits per heavy atom. The summed E-state index contributed by atoms with van der Waals surface area (Å²) in [6.45, 7) is 0.549. The van der Waals surface area contributed by atoms with Crippen LogP contribution in [-0.2, 0) is 6.54 Å². The second-order valence-corrected chi connectivity index (χ2v) is 8.12. The summed E-state index contributed by atoms with van der Waals surface area (Å²) in [4.78, 5) is 17.6. The lowest BCUT2D eigenvalue weighted by Crippen LogP contribution is -2.19. The second kappa shape index (κ2) is 10.5. The Hall–Kier alpha value is -5.04. The zero-order chi connectivity index (χ0) is 24.7. The SMILES string of the molecule is O=[N+]([O-])c1ccc(N(C2=CN(Cc3ccccc3)N=C(c3ccccc3)C=N2)c2ccccc2)cc1. The molecule has 0 aromatic heterocycles. The molecule has 1 aliphatic rings. The van der Waals surface area contributed by atoms with Crippen molar-refractivity contribution in [2.45, 2.75) is 6.54 Å².